The molecule has 0 fully saturated rings. The molecule has 2 N–H and O–H groups in total. The summed E-state index contributed by atoms with van der Waals surface area (Å²) in [6.07, 6.45) is 1.49. The van der Waals surface area contributed by atoms with Crippen LogP contribution in [0, 0.1) is 6.92 Å². The molecule has 98 valence electrons. The number of hydrogen-bond donors (Lipinski definition) is 1. The lowest BCUT2D eigenvalue weighted by atomic mass is 10.1. The van der Waals surface area contributed by atoms with E-state index in [0.29, 0.717) is 22.9 Å². The molecule has 0 spiro atoms. The molecule has 0 amide bonds. The normalized spacial score (nSPS) is 10.0. The fourth-order valence-corrected chi connectivity index (χ4v) is 1.57. The molecule has 0 bridgehead atoms. The molecular weight excluding hydrogens is 244 g/mol. The Morgan fingerprint density at radius 3 is 2.68 bits per heavy atom. The Bertz CT molecular complexity index is 594. The Kier molecular flexibility index (Phi) is 3.66. The number of methoxy groups -OCH3 is 1. The quantitative estimate of drug-likeness (QED) is 0.856. The van der Waals surface area contributed by atoms with Gasteiger partial charge in [0.2, 0.25) is 5.88 Å². The fourth-order valence-electron chi connectivity index (χ4n) is 1.57. The van der Waals surface area contributed by atoms with E-state index in [1.165, 1.54) is 13.3 Å². The summed E-state index contributed by atoms with van der Waals surface area (Å²) in [4.78, 5) is 15.7. The second-order valence-electron chi connectivity index (χ2n) is 4.02. The van der Waals surface area contributed by atoms with Crippen molar-refractivity contribution in [3.05, 3.63) is 47.7 Å². The van der Waals surface area contributed by atoms with Crippen LogP contribution in [0.1, 0.15) is 15.9 Å². The molecule has 2 rings (SSSR count). The van der Waals surface area contributed by atoms with Gasteiger partial charge in [-0.2, -0.15) is 0 Å². The number of esters is 1. The number of nitrogen functional groups attached to an aromatic ring is 1. The highest BCUT2D eigenvalue weighted by molar-refractivity contribution is 5.92. The van der Waals surface area contributed by atoms with Gasteiger partial charge < -0.3 is 15.2 Å². The molecule has 0 atom stereocenters. The van der Waals surface area contributed by atoms with Crippen LogP contribution >= 0.6 is 0 Å². The van der Waals surface area contributed by atoms with E-state index in [4.69, 9.17) is 15.2 Å². The third-order valence-corrected chi connectivity index (χ3v) is 2.51. The van der Waals surface area contributed by atoms with Crippen LogP contribution in [0.25, 0.3) is 0 Å². The minimum Gasteiger partial charge on any atom is -0.465 e. The molecular formula is C14H14N2O3. The van der Waals surface area contributed by atoms with Crippen molar-refractivity contribution in [2.24, 2.45) is 0 Å². The summed E-state index contributed by atoms with van der Waals surface area (Å²) < 4.78 is 10.3. The van der Waals surface area contributed by atoms with Crippen molar-refractivity contribution in [2.45, 2.75) is 6.92 Å². The van der Waals surface area contributed by atoms with Crippen molar-refractivity contribution in [3.8, 4) is 11.6 Å². The Morgan fingerprint density at radius 2 is 2.05 bits per heavy atom. The van der Waals surface area contributed by atoms with Gasteiger partial charge in [-0.3, -0.25) is 0 Å². The maximum absolute atomic E-state index is 11.7. The first-order chi connectivity index (χ1) is 9.10. The molecule has 0 aliphatic carbocycles. The Morgan fingerprint density at radius 1 is 1.26 bits per heavy atom. The number of benzene rings is 1. The summed E-state index contributed by atoms with van der Waals surface area (Å²) in [6.45, 7) is 1.89. The molecule has 1 aromatic heterocycles. The van der Waals surface area contributed by atoms with E-state index in [-0.39, 0.29) is 0 Å². The van der Waals surface area contributed by atoms with Crippen LogP contribution in [0.3, 0.4) is 0 Å². The van der Waals surface area contributed by atoms with Crippen molar-refractivity contribution >= 4 is 11.7 Å². The van der Waals surface area contributed by atoms with Gasteiger partial charge in [-0.1, -0.05) is 11.6 Å². The average Bonchev–Trinajstić information content (AvgIpc) is 2.42. The Balaban J connectivity index is 2.34. The number of aryl methyl sites for hydroxylation is 1. The number of ether oxygens (including phenoxy) is 2. The Hall–Kier alpha value is -2.56. The van der Waals surface area contributed by atoms with Gasteiger partial charge >= 0.3 is 5.97 Å². The molecule has 1 heterocycles. The van der Waals surface area contributed by atoms with E-state index in [9.17, 15) is 4.79 Å². The van der Waals surface area contributed by atoms with Crippen molar-refractivity contribution in [1.82, 2.24) is 4.98 Å². The molecule has 2 aromatic rings. The highest BCUT2D eigenvalue weighted by atomic mass is 16.5. The number of nitrogens with zero attached hydrogens (tertiary/aromatic N) is 1. The first-order valence-electron chi connectivity index (χ1n) is 5.68. The van der Waals surface area contributed by atoms with Crippen LogP contribution in [-0.2, 0) is 4.74 Å². The largest absolute Gasteiger partial charge is 0.465 e. The van der Waals surface area contributed by atoms with Gasteiger partial charge in [0, 0.05) is 6.07 Å². The minimum atomic E-state index is -0.450. The second-order valence-corrected chi connectivity index (χ2v) is 4.02. The van der Waals surface area contributed by atoms with E-state index < -0.39 is 5.97 Å². The molecule has 0 aliphatic rings. The fraction of sp³-hybridized carbons (Fsp3) is 0.143. The van der Waals surface area contributed by atoms with Crippen LogP contribution < -0.4 is 10.5 Å². The summed E-state index contributed by atoms with van der Waals surface area (Å²) in [5.41, 5.74) is 7.40. The number of nitrogens with two attached hydrogens (primary N) is 1. The molecule has 19 heavy (non-hydrogen) atoms. The summed E-state index contributed by atoms with van der Waals surface area (Å²) >= 11 is 0. The van der Waals surface area contributed by atoms with Gasteiger partial charge in [0.05, 0.1) is 19.0 Å². The first kappa shape index (κ1) is 12.9. The van der Waals surface area contributed by atoms with Gasteiger partial charge in [-0.15, -0.1) is 0 Å². The standard InChI is InChI=1S/C14H14N2O3/c1-9-3-5-12(11(7-9)14(17)18-2)19-13-6-4-10(15)8-16-13/h3-8H,15H2,1-2H3. The summed E-state index contributed by atoms with van der Waals surface area (Å²) in [5.74, 6) is 0.312. The third kappa shape index (κ3) is 3.01. The van der Waals surface area contributed by atoms with Crippen molar-refractivity contribution < 1.29 is 14.3 Å². The van der Waals surface area contributed by atoms with Gasteiger partial charge in [0.15, 0.2) is 0 Å². The molecule has 0 aliphatic heterocycles. The molecule has 0 radical (unpaired) electrons. The molecule has 0 saturated carbocycles. The average molecular weight is 258 g/mol. The zero-order valence-electron chi connectivity index (χ0n) is 10.7. The van der Waals surface area contributed by atoms with E-state index >= 15 is 0 Å². The first-order valence-corrected chi connectivity index (χ1v) is 5.68. The Labute approximate surface area is 111 Å². The van der Waals surface area contributed by atoms with Crippen molar-refractivity contribution in [1.29, 1.82) is 0 Å². The molecule has 5 heteroatoms. The van der Waals surface area contributed by atoms with Crippen LogP contribution in [0.5, 0.6) is 11.6 Å². The predicted molar refractivity (Wildman–Crippen MR) is 71.2 cm³/mol. The number of pyridine rings is 1. The van der Waals surface area contributed by atoms with Crippen LogP contribution in [0.4, 0.5) is 5.69 Å². The summed E-state index contributed by atoms with van der Waals surface area (Å²) in [5, 5.41) is 0. The van der Waals surface area contributed by atoms with Gasteiger partial charge in [0.1, 0.15) is 11.3 Å². The zero-order valence-corrected chi connectivity index (χ0v) is 10.7. The number of anilines is 1. The smallest absolute Gasteiger partial charge is 0.341 e. The van der Waals surface area contributed by atoms with Gasteiger partial charge in [0.25, 0.3) is 0 Å². The molecule has 1 aromatic carbocycles. The van der Waals surface area contributed by atoms with E-state index in [0.717, 1.165) is 5.56 Å². The summed E-state index contributed by atoms with van der Waals surface area (Å²) in [7, 11) is 1.33. The lowest BCUT2D eigenvalue weighted by Gasteiger charge is -2.10. The second kappa shape index (κ2) is 5.39. The maximum atomic E-state index is 11.7. The number of hydrogen-bond acceptors (Lipinski definition) is 5. The van der Waals surface area contributed by atoms with Gasteiger partial charge in [-0.05, 0) is 25.1 Å². The van der Waals surface area contributed by atoms with E-state index in [1.54, 1.807) is 24.3 Å². The number of carbonyl (C=O) groups excluding carboxylic acids is 1. The van der Waals surface area contributed by atoms with Crippen LogP contribution in [-0.4, -0.2) is 18.1 Å². The third-order valence-electron chi connectivity index (χ3n) is 2.51. The van der Waals surface area contributed by atoms with Crippen LogP contribution in [0.2, 0.25) is 0 Å². The summed E-state index contributed by atoms with van der Waals surface area (Å²) in [6, 6.07) is 8.57. The maximum Gasteiger partial charge on any atom is 0.341 e. The molecule has 0 saturated heterocycles. The van der Waals surface area contributed by atoms with E-state index in [2.05, 4.69) is 4.98 Å². The number of aromatic nitrogens is 1. The lowest BCUT2D eigenvalue weighted by Crippen LogP contribution is -2.04. The minimum absolute atomic E-state index is 0.362. The van der Waals surface area contributed by atoms with Crippen LogP contribution in [0.15, 0.2) is 36.5 Å². The highest BCUT2D eigenvalue weighted by Crippen LogP contribution is 2.26. The highest BCUT2D eigenvalue weighted by Gasteiger charge is 2.14. The number of rotatable bonds is 3. The van der Waals surface area contributed by atoms with E-state index in [1.807, 2.05) is 13.0 Å². The van der Waals surface area contributed by atoms with Crippen molar-refractivity contribution in [3.63, 3.8) is 0 Å². The topological polar surface area (TPSA) is 74.4 Å². The predicted octanol–water partition coefficient (Wildman–Crippen LogP) is 2.55. The lowest BCUT2D eigenvalue weighted by molar-refractivity contribution is 0.0597. The molecule has 5 nitrogen and oxygen atoms in total. The zero-order chi connectivity index (χ0) is 13.8. The van der Waals surface area contributed by atoms with Crippen molar-refractivity contribution in [2.75, 3.05) is 12.8 Å². The molecule has 0 unspecified atom stereocenters. The number of carbonyl (C=O) groups is 1. The monoisotopic (exact) mass is 258 g/mol. The SMILES string of the molecule is COC(=O)c1cc(C)ccc1Oc1ccc(N)cn1. The van der Waals surface area contributed by atoms with Gasteiger partial charge in [-0.25, -0.2) is 9.78 Å².